The van der Waals surface area contributed by atoms with Crippen LogP contribution in [0, 0.1) is 11.3 Å². The first kappa shape index (κ1) is 33.8. The van der Waals surface area contributed by atoms with Crippen LogP contribution in [0.15, 0.2) is 48.8 Å². The molecule has 1 saturated heterocycles. The number of likely N-dealkylation sites (N-methyl/N-ethyl adjacent to an activating group) is 1. The molecule has 3 aromatic rings. The third-order valence-electron chi connectivity index (χ3n) is 9.60. The fourth-order valence-electron chi connectivity index (χ4n) is 6.68. The van der Waals surface area contributed by atoms with Gasteiger partial charge in [-0.3, -0.25) is 9.69 Å². The van der Waals surface area contributed by atoms with Crippen LogP contribution >= 0.6 is 25.1 Å². The van der Waals surface area contributed by atoms with E-state index in [0.29, 0.717) is 49.7 Å². The van der Waals surface area contributed by atoms with E-state index in [1.54, 1.807) is 0 Å². The normalized spacial score (nSPS) is 18.8. The summed E-state index contributed by atoms with van der Waals surface area (Å²) in [7, 11) is 2.15. The highest BCUT2D eigenvalue weighted by Crippen LogP contribution is 2.37. The van der Waals surface area contributed by atoms with Crippen LogP contribution in [0.4, 0.5) is 15.9 Å². The lowest BCUT2D eigenvalue weighted by molar-refractivity contribution is -0.131. The molecule has 2 aromatic carbocycles. The first-order valence-corrected chi connectivity index (χ1v) is 16.1. The Labute approximate surface area is 282 Å². The van der Waals surface area contributed by atoms with Crippen molar-refractivity contribution in [1.82, 2.24) is 19.8 Å². The van der Waals surface area contributed by atoms with Crippen molar-refractivity contribution in [3.05, 3.63) is 65.1 Å². The van der Waals surface area contributed by atoms with E-state index in [4.69, 9.17) is 26.3 Å². The molecule has 2 atom stereocenters. The van der Waals surface area contributed by atoms with Gasteiger partial charge in [0.25, 0.3) is 5.91 Å². The molecule has 244 valence electrons. The highest BCUT2D eigenvalue weighted by atomic mass is 35.5. The first-order valence-electron chi connectivity index (χ1n) is 15.7. The maximum absolute atomic E-state index is 13.8. The van der Waals surface area contributed by atoms with E-state index in [9.17, 15) is 14.4 Å². The summed E-state index contributed by atoms with van der Waals surface area (Å²) in [6, 6.07) is 14.9. The summed E-state index contributed by atoms with van der Waals surface area (Å²) in [6.45, 7) is 8.12. The summed E-state index contributed by atoms with van der Waals surface area (Å²) in [4.78, 5) is 30.6. The average Bonchev–Trinajstić information content (AvgIpc) is 3.01. The van der Waals surface area contributed by atoms with Gasteiger partial charge in [0.15, 0.2) is 5.83 Å². The Morgan fingerprint density at radius 3 is 2.65 bits per heavy atom. The summed E-state index contributed by atoms with van der Waals surface area (Å²) in [5.41, 5.74) is 2.95. The second kappa shape index (κ2) is 14.4. The van der Waals surface area contributed by atoms with Gasteiger partial charge in [0.2, 0.25) is 0 Å². The zero-order valence-electron chi connectivity index (χ0n) is 26.4. The Morgan fingerprint density at radius 1 is 1.20 bits per heavy atom. The fraction of sp³-hybridized carbons (Fsp3) is 0.471. The first-order chi connectivity index (χ1) is 21.7. The van der Waals surface area contributed by atoms with Crippen LogP contribution in [0.3, 0.4) is 0 Å². The minimum absolute atomic E-state index is 0. The molecule has 46 heavy (non-hydrogen) atoms. The Kier molecular flexibility index (Phi) is 10.6. The smallest absolute Gasteiger partial charge is 0.318 e. The van der Waals surface area contributed by atoms with Crippen LogP contribution in [0.1, 0.15) is 43.9 Å². The Balaban J connectivity index is 0.00000417. The summed E-state index contributed by atoms with van der Waals surface area (Å²) < 4.78 is 20.1. The standard InChI is InChI=1S/C34H39ClFN7O2.H2S/c1-22(40(3)25-9-6-10-25)21-45-34-38-29-20-41(30-12-5-8-24-7-4-11-28(35)31(24)30)16-14-27(29)32(39-34)42-17-18-43(33(44)23(2)36)26(19-42)13-15-37;/h4-5,7-8,11-12,22,25-26H,2,6,9-10,13-14,16-21H2,1,3H3;1H2/t22-,26?;/m0./s1. The number of nitrogens with zero attached hydrogens (tertiary/aromatic N) is 7. The average molecular weight is 666 g/mol. The molecule has 0 spiro atoms. The van der Waals surface area contributed by atoms with Gasteiger partial charge < -0.3 is 19.4 Å². The van der Waals surface area contributed by atoms with E-state index in [0.717, 1.165) is 40.1 Å². The Bertz CT molecular complexity index is 1640. The van der Waals surface area contributed by atoms with Crippen molar-refractivity contribution in [3.63, 3.8) is 0 Å². The van der Waals surface area contributed by atoms with E-state index in [1.807, 2.05) is 18.2 Å². The molecule has 3 aliphatic rings. The van der Waals surface area contributed by atoms with Crippen molar-refractivity contribution in [1.29, 1.82) is 5.26 Å². The number of aromatic nitrogens is 2. The van der Waals surface area contributed by atoms with E-state index >= 15 is 0 Å². The number of hydrogen-bond donors (Lipinski definition) is 0. The van der Waals surface area contributed by atoms with Crippen molar-refractivity contribution in [2.45, 2.75) is 63.7 Å². The predicted octanol–water partition coefficient (Wildman–Crippen LogP) is 5.62. The van der Waals surface area contributed by atoms with Crippen LogP contribution < -0.4 is 14.5 Å². The molecule has 0 N–H and O–H groups in total. The zero-order chi connectivity index (χ0) is 31.7. The second-order valence-electron chi connectivity index (χ2n) is 12.3. The van der Waals surface area contributed by atoms with Crippen LogP contribution in [-0.2, 0) is 17.8 Å². The monoisotopic (exact) mass is 665 g/mol. The quantitative estimate of drug-likeness (QED) is 0.272. The zero-order valence-corrected chi connectivity index (χ0v) is 28.1. The highest BCUT2D eigenvalue weighted by molar-refractivity contribution is 7.59. The van der Waals surface area contributed by atoms with Gasteiger partial charge in [-0.1, -0.05) is 48.9 Å². The minimum atomic E-state index is -1.02. The predicted molar refractivity (Wildman–Crippen MR) is 185 cm³/mol. The molecule has 6 rings (SSSR count). The molecule has 0 radical (unpaired) electrons. The molecule has 2 aliphatic heterocycles. The summed E-state index contributed by atoms with van der Waals surface area (Å²) in [6.07, 6.45) is 4.46. The molecule has 1 aromatic heterocycles. The van der Waals surface area contributed by atoms with Crippen molar-refractivity contribution in [2.75, 3.05) is 49.6 Å². The molecular formula is C34H41ClFN7O2S. The van der Waals surface area contributed by atoms with Crippen molar-refractivity contribution in [3.8, 4) is 12.1 Å². The van der Waals surface area contributed by atoms with Gasteiger partial charge in [-0.05, 0) is 50.8 Å². The third-order valence-corrected chi connectivity index (χ3v) is 9.91. The van der Waals surface area contributed by atoms with Gasteiger partial charge in [-0.25, -0.2) is 4.39 Å². The Morgan fingerprint density at radius 2 is 1.96 bits per heavy atom. The van der Waals surface area contributed by atoms with E-state index in [1.165, 1.54) is 24.2 Å². The summed E-state index contributed by atoms with van der Waals surface area (Å²) >= 11 is 6.70. The number of amides is 1. The topological polar surface area (TPSA) is 88.8 Å². The van der Waals surface area contributed by atoms with Gasteiger partial charge in [-0.2, -0.15) is 28.7 Å². The number of rotatable bonds is 9. The van der Waals surface area contributed by atoms with Crippen LogP contribution in [0.5, 0.6) is 6.01 Å². The van der Waals surface area contributed by atoms with Crippen LogP contribution in [0.25, 0.3) is 10.8 Å². The second-order valence-corrected chi connectivity index (χ2v) is 12.7. The molecule has 0 bridgehead atoms. The Hall–Kier alpha value is -3.59. The van der Waals surface area contributed by atoms with Crippen molar-refractivity contribution in [2.24, 2.45) is 0 Å². The van der Waals surface area contributed by atoms with Gasteiger partial charge in [0.1, 0.15) is 12.4 Å². The SMILES string of the molecule is C=C(F)C(=O)N1CCN(c2nc(OC[C@H](C)N(C)C3CCC3)nc3c2CCN(c2cccc4cccc(Cl)c24)C3)CC1CC#N.S. The number of piperazine rings is 1. The summed E-state index contributed by atoms with van der Waals surface area (Å²) in [5.74, 6) is -1.03. The molecule has 1 unspecified atom stereocenters. The lowest BCUT2D eigenvalue weighted by Gasteiger charge is -2.42. The van der Waals surface area contributed by atoms with Crippen LogP contribution in [0.2, 0.25) is 5.02 Å². The number of nitriles is 1. The lowest BCUT2D eigenvalue weighted by atomic mass is 9.91. The van der Waals surface area contributed by atoms with Gasteiger partial charge in [-0.15, -0.1) is 0 Å². The van der Waals surface area contributed by atoms with E-state index < -0.39 is 17.8 Å². The van der Waals surface area contributed by atoms with Gasteiger partial charge in [0, 0.05) is 54.9 Å². The number of fused-ring (bicyclic) bond motifs is 2. The van der Waals surface area contributed by atoms with E-state index in [2.05, 4.69) is 59.5 Å². The molecule has 9 nitrogen and oxygen atoms in total. The maximum Gasteiger partial charge on any atom is 0.318 e. The largest absolute Gasteiger partial charge is 0.462 e. The molecule has 12 heteroatoms. The fourth-order valence-corrected chi connectivity index (χ4v) is 6.96. The molecule has 1 saturated carbocycles. The van der Waals surface area contributed by atoms with Crippen molar-refractivity contribution < 1.29 is 13.9 Å². The van der Waals surface area contributed by atoms with Crippen LogP contribution in [-0.4, -0.2) is 83.6 Å². The third kappa shape index (κ3) is 6.75. The number of benzene rings is 2. The molecule has 2 fully saturated rings. The molecule has 3 heterocycles. The maximum atomic E-state index is 13.8. The van der Waals surface area contributed by atoms with E-state index in [-0.39, 0.29) is 32.5 Å². The molecule has 1 aliphatic carbocycles. The molecular weight excluding hydrogens is 625 g/mol. The summed E-state index contributed by atoms with van der Waals surface area (Å²) in [5, 5.41) is 12.3. The molecule has 1 amide bonds. The van der Waals surface area contributed by atoms with Crippen molar-refractivity contribution >= 4 is 53.3 Å². The number of carbonyl (C=O) groups excluding carboxylic acids is 1. The highest BCUT2D eigenvalue weighted by Gasteiger charge is 2.35. The lowest BCUT2D eigenvalue weighted by Crippen LogP contribution is -2.55. The number of anilines is 2. The number of hydrogen-bond acceptors (Lipinski definition) is 8. The minimum Gasteiger partial charge on any atom is -0.462 e. The number of ether oxygens (including phenoxy) is 1. The van der Waals surface area contributed by atoms with Gasteiger partial charge >= 0.3 is 6.01 Å². The van der Waals surface area contributed by atoms with Gasteiger partial charge in [0.05, 0.1) is 35.8 Å². The number of halogens is 2. The number of carbonyl (C=O) groups is 1.